The number of rotatable bonds is 5. The lowest BCUT2D eigenvalue weighted by Crippen LogP contribution is -2.07. The maximum Gasteiger partial charge on any atom is 0.145 e. The van der Waals surface area contributed by atoms with E-state index in [1.807, 2.05) is 0 Å². The van der Waals surface area contributed by atoms with Gasteiger partial charge in [-0.25, -0.2) is 4.39 Å². The van der Waals surface area contributed by atoms with E-state index in [1.165, 1.54) is 24.4 Å². The lowest BCUT2D eigenvalue weighted by molar-refractivity contribution is -0.108. The highest BCUT2D eigenvalue weighted by molar-refractivity contribution is 6.30. The highest BCUT2D eigenvalue weighted by Gasteiger charge is 2.19. The molecular weight excluding hydrogens is 364 g/mol. The molecule has 6 heteroatoms. The monoisotopic (exact) mass is 375 g/mol. The molecule has 0 saturated heterocycles. The Hall–Kier alpha value is -2.43. The van der Waals surface area contributed by atoms with Gasteiger partial charge >= 0.3 is 0 Å². The Balaban J connectivity index is 1.82. The smallest absolute Gasteiger partial charge is 0.145 e. The van der Waals surface area contributed by atoms with Crippen LogP contribution in [0.15, 0.2) is 60.8 Å². The fourth-order valence-electron chi connectivity index (χ4n) is 2.33. The molecule has 1 aromatic heterocycles. The Labute approximate surface area is 154 Å². The van der Waals surface area contributed by atoms with E-state index in [4.69, 9.17) is 27.9 Å². The lowest BCUT2D eigenvalue weighted by atomic mass is 9.96. The SMILES string of the molecule is O=CC(c1ccc(Oc2ccc(Cl)cc2)cn1)c1ccc(Cl)cc1F. The molecule has 0 aliphatic rings. The van der Waals surface area contributed by atoms with Crippen molar-refractivity contribution in [2.45, 2.75) is 5.92 Å². The molecule has 0 aliphatic carbocycles. The number of benzene rings is 2. The predicted octanol–water partition coefficient (Wildman–Crippen LogP) is 5.65. The summed E-state index contributed by atoms with van der Waals surface area (Å²) in [5, 5.41) is 0.880. The average molecular weight is 376 g/mol. The van der Waals surface area contributed by atoms with Gasteiger partial charge in [-0.3, -0.25) is 4.98 Å². The molecule has 0 spiro atoms. The first-order valence-electron chi connectivity index (χ1n) is 7.36. The van der Waals surface area contributed by atoms with Gasteiger partial charge in [0.15, 0.2) is 0 Å². The molecule has 3 rings (SSSR count). The number of hydrogen-bond donors (Lipinski definition) is 0. The van der Waals surface area contributed by atoms with Crippen molar-refractivity contribution in [3.05, 3.63) is 87.9 Å². The molecule has 0 fully saturated rings. The minimum Gasteiger partial charge on any atom is -0.456 e. The van der Waals surface area contributed by atoms with Gasteiger partial charge in [0.2, 0.25) is 0 Å². The molecule has 0 aliphatic heterocycles. The minimum atomic E-state index is -0.818. The van der Waals surface area contributed by atoms with Crippen LogP contribution in [0.1, 0.15) is 17.2 Å². The van der Waals surface area contributed by atoms with Gasteiger partial charge in [0.05, 0.1) is 17.8 Å². The summed E-state index contributed by atoms with van der Waals surface area (Å²) < 4.78 is 19.7. The van der Waals surface area contributed by atoms with Gasteiger partial charge in [-0.1, -0.05) is 29.3 Å². The van der Waals surface area contributed by atoms with E-state index in [9.17, 15) is 9.18 Å². The maximum absolute atomic E-state index is 14.1. The van der Waals surface area contributed by atoms with Gasteiger partial charge in [-0.2, -0.15) is 0 Å². The van der Waals surface area contributed by atoms with Gasteiger partial charge in [0, 0.05) is 15.6 Å². The van der Waals surface area contributed by atoms with Crippen LogP contribution in [0.5, 0.6) is 11.5 Å². The van der Waals surface area contributed by atoms with Gasteiger partial charge in [0.25, 0.3) is 0 Å². The summed E-state index contributed by atoms with van der Waals surface area (Å²) >= 11 is 11.6. The fraction of sp³-hybridized carbons (Fsp3) is 0.0526. The van der Waals surface area contributed by atoms with Gasteiger partial charge in [0.1, 0.15) is 23.6 Å². The first-order chi connectivity index (χ1) is 12.1. The van der Waals surface area contributed by atoms with E-state index < -0.39 is 11.7 Å². The standard InChI is InChI=1S/C19H12Cl2FNO2/c20-12-1-4-14(5-2-12)25-15-6-8-19(23-10-15)17(11-24)16-7-3-13(21)9-18(16)22/h1-11,17H. The third-order valence-corrected chi connectivity index (χ3v) is 4.05. The summed E-state index contributed by atoms with van der Waals surface area (Å²) in [4.78, 5) is 15.7. The van der Waals surface area contributed by atoms with Crippen LogP contribution in [-0.4, -0.2) is 11.3 Å². The van der Waals surface area contributed by atoms with E-state index in [0.717, 1.165) is 0 Å². The average Bonchev–Trinajstić information content (AvgIpc) is 2.61. The summed E-state index contributed by atoms with van der Waals surface area (Å²) in [6.07, 6.45) is 2.13. The third-order valence-electron chi connectivity index (χ3n) is 3.56. The van der Waals surface area contributed by atoms with Crippen LogP contribution in [-0.2, 0) is 4.79 Å². The summed E-state index contributed by atoms with van der Waals surface area (Å²) in [5.41, 5.74) is 0.637. The highest BCUT2D eigenvalue weighted by Crippen LogP contribution is 2.28. The zero-order chi connectivity index (χ0) is 17.8. The van der Waals surface area contributed by atoms with Crippen LogP contribution >= 0.6 is 23.2 Å². The van der Waals surface area contributed by atoms with Crippen molar-refractivity contribution >= 4 is 29.5 Å². The molecule has 126 valence electrons. The summed E-state index contributed by atoms with van der Waals surface area (Å²) in [5.74, 6) is -0.267. The van der Waals surface area contributed by atoms with Crippen LogP contribution in [0, 0.1) is 5.82 Å². The van der Waals surface area contributed by atoms with E-state index in [2.05, 4.69) is 4.98 Å². The number of nitrogens with zero attached hydrogens (tertiary/aromatic N) is 1. The van der Waals surface area contributed by atoms with Crippen LogP contribution < -0.4 is 4.74 Å². The van der Waals surface area contributed by atoms with Gasteiger partial charge < -0.3 is 9.53 Å². The van der Waals surface area contributed by atoms with Crippen LogP contribution in [0.2, 0.25) is 10.0 Å². The number of pyridine rings is 1. The predicted molar refractivity (Wildman–Crippen MR) is 95.1 cm³/mol. The Morgan fingerprint density at radius 1 is 0.960 bits per heavy atom. The maximum atomic E-state index is 14.1. The zero-order valence-corrected chi connectivity index (χ0v) is 14.3. The Morgan fingerprint density at radius 2 is 1.64 bits per heavy atom. The van der Waals surface area contributed by atoms with Gasteiger partial charge in [-0.15, -0.1) is 0 Å². The van der Waals surface area contributed by atoms with Crippen molar-refractivity contribution in [3.63, 3.8) is 0 Å². The second-order valence-corrected chi connectivity index (χ2v) is 6.13. The van der Waals surface area contributed by atoms with E-state index in [1.54, 1.807) is 36.4 Å². The number of carbonyl (C=O) groups is 1. The molecule has 3 aromatic rings. The van der Waals surface area contributed by atoms with Crippen molar-refractivity contribution in [1.29, 1.82) is 0 Å². The van der Waals surface area contributed by atoms with E-state index in [0.29, 0.717) is 28.5 Å². The number of aldehydes is 1. The normalized spacial score (nSPS) is 11.8. The first-order valence-corrected chi connectivity index (χ1v) is 8.12. The summed E-state index contributed by atoms with van der Waals surface area (Å²) in [7, 11) is 0. The molecule has 0 bridgehead atoms. The fourth-order valence-corrected chi connectivity index (χ4v) is 2.62. The number of halogens is 3. The largest absolute Gasteiger partial charge is 0.456 e. The number of hydrogen-bond acceptors (Lipinski definition) is 3. The van der Waals surface area contributed by atoms with Gasteiger partial charge in [-0.05, 0) is 48.5 Å². The van der Waals surface area contributed by atoms with Crippen LogP contribution in [0.3, 0.4) is 0 Å². The Bertz CT molecular complexity index is 883. The van der Waals surface area contributed by atoms with E-state index in [-0.39, 0.29) is 10.6 Å². The Kier molecular flexibility index (Phi) is 5.31. The molecule has 2 aromatic carbocycles. The summed E-state index contributed by atoms with van der Waals surface area (Å²) in [6, 6.07) is 14.4. The Morgan fingerprint density at radius 3 is 2.24 bits per heavy atom. The first kappa shape index (κ1) is 17.4. The molecule has 0 radical (unpaired) electrons. The van der Waals surface area contributed by atoms with E-state index >= 15 is 0 Å². The van der Waals surface area contributed by atoms with Crippen molar-refractivity contribution in [2.24, 2.45) is 0 Å². The lowest BCUT2D eigenvalue weighted by Gasteiger charge is -2.12. The second kappa shape index (κ2) is 7.64. The zero-order valence-electron chi connectivity index (χ0n) is 12.8. The quantitative estimate of drug-likeness (QED) is 0.540. The highest BCUT2D eigenvalue weighted by atomic mass is 35.5. The molecule has 1 heterocycles. The van der Waals surface area contributed by atoms with Crippen molar-refractivity contribution < 1.29 is 13.9 Å². The van der Waals surface area contributed by atoms with Crippen LogP contribution in [0.25, 0.3) is 0 Å². The van der Waals surface area contributed by atoms with Crippen molar-refractivity contribution in [1.82, 2.24) is 4.98 Å². The number of carbonyl (C=O) groups excluding carboxylic acids is 1. The molecule has 0 amide bonds. The number of ether oxygens (including phenoxy) is 1. The van der Waals surface area contributed by atoms with Crippen molar-refractivity contribution in [2.75, 3.05) is 0 Å². The van der Waals surface area contributed by atoms with Crippen LogP contribution in [0.4, 0.5) is 4.39 Å². The molecule has 0 saturated carbocycles. The topological polar surface area (TPSA) is 39.2 Å². The van der Waals surface area contributed by atoms with Crippen molar-refractivity contribution in [3.8, 4) is 11.5 Å². The molecule has 25 heavy (non-hydrogen) atoms. The molecule has 1 atom stereocenters. The molecule has 3 nitrogen and oxygen atoms in total. The second-order valence-electron chi connectivity index (χ2n) is 5.25. The minimum absolute atomic E-state index is 0.221. The molecule has 0 N–H and O–H groups in total. The third kappa shape index (κ3) is 4.16. The molecular formula is C19H12Cl2FNO2. The number of aromatic nitrogens is 1. The summed E-state index contributed by atoms with van der Waals surface area (Å²) in [6.45, 7) is 0. The molecule has 1 unspecified atom stereocenters.